The van der Waals surface area contributed by atoms with Gasteiger partial charge in [-0.05, 0) is 6.08 Å². The lowest BCUT2D eigenvalue weighted by Crippen LogP contribution is -2.00. The zero-order valence-electron chi connectivity index (χ0n) is 4.96. The van der Waals surface area contributed by atoms with Crippen LogP contribution < -0.4 is 5.32 Å². The van der Waals surface area contributed by atoms with Gasteiger partial charge >= 0.3 is 0 Å². The molecule has 1 rings (SSSR count). The van der Waals surface area contributed by atoms with Crippen LogP contribution in [0.1, 0.15) is 0 Å². The summed E-state index contributed by atoms with van der Waals surface area (Å²) < 4.78 is 21.2. The fourth-order valence-corrected chi connectivity index (χ4v) is 1.53. The van der Waals surface area contributed by atoms with Gasteiger partial charge in [-0.1, -0.05) is 0 Å². The van der Waals surface area contributed by atoms with Crippen LogP contribution in [0.2, 0.25) is 0 Å². The molecule has 0 radical (unpaired) electrons. The maximum Gasteiger partial charge on any atom is 0.195 e. The maximum absolute atomic E-state index is 10.6. The third-order valence-electron chi connectivity index (χ3n) is 1.02. The second-order valence-electron chi connectivity index (χ2n) is 1.71. The molecule has 4 heteroatoms. The molecule has 0 aromatic carbocycles. The molecule has 1 aliphatic heterocycles. The summed E-state index contributed by atoms with van der Waals surface area (Å²) in [5.74, 6) is 0. The van der Waals surface area contributed by atoms with Crippen LogP contribution in [0.5, 0.6) is 0 Å². The molecule has 1 aliphatic rings. The van der Waals surface area contributed by atoms with Gasteiger partial charge in [0.05, 0.1) is 5.41 Å². The van der Waals surface area contributed by atoms with Crippen LogP contribution in [-0.4, -0.2) is 15.5 Å². The van der Waals surface area contributed by atoms with E-state index >= 15 is 0 Å². The molecule has 0 aromatic rings. The Morgan fingerprint density at radius 2 is 2.22 bits per heavy atom. The smallest absolute Gasteiger partial charge is 0.195 e. The quantitative estimate of drug-likeness (QED) is 0.564. The van der Waals surface area contributed by atoms with Crippen molar-refractivity contribution in [2.45, 2.75) is 0 Å². The van der Waals surface area contributed by atoms with Crippen molar-refractivity contribution in [2.75, 3.05) is 7.05 Å². The van der Waals surface area contributed by atoms with Gasteiger partial charge in [0.25, 0.3) is 0 Å². The first-order valence-electron chi connectivity index (χ1n) is 2.47. The van der Waals surface area contributed by atoms with E-state index < -0.39 is 9.84 Å². The molecule has 0 fully saturated rings. The number of sulfone groups is 1. The van der Waals surface area contributed by atoms with E-state index in [1.807, 2.05) is 0 Å². The molecule has 0 aromatic heterocycles. The number of rotatable bonds is 1. The van der Waals surface area contributed by atoms with Crippen molar-refractivity contribution in [3.8, 4) is 0 Å². The minimum atomic E-state index is -3.01. The fraction of sp³-hybridized carbons (Fsp3) is 0.200. The standard InChI is InChI=1S/C5H7NO2S/c1-6-5-2-3-9(7,8)4-5/h2-4,6H,1H3. The van der Waals surface area contributed by atoms with Gasteiger partial charge < -0.3 is 5.32 Å². The van der Waals surface area contributed by atoms with Gasteiger partial charge in [0.15, 0.2) is 9.84 Å². The van der Waals surface area contributed by atoms with Crippen LogP contribution >= 0.6 is 0 Å². The Balaban J connectivity index is 3.01. The highest BCUT2D eigenvalue weighted by molar-refractivity contribution is 7.97. The number of allylic oxidation sites excluding steroid dienone is 1. The Bertz CT molecular complexity index is 261. The van der Waals surface area contributed by atoms with E-state index in [0.29, 0.717) is 5.70 Å². The van der Waals surface area contributed by atoms with Crippen LogP contribution in [0.15, 0.2) is 22.6 Å². The predicted octanol–water partition coefficient (Wildman–Crippen LogP) is -0.0107. The molecule has 1 heterocycles. The summed E-state index contributed by atoms with van der Waals surface area (Å²) in [5, 5.41) is 5.07. The molecular weight excluding hydrogens is 138 g/mol. The Labute approximate surface area is 54.0 Å². The van der Waals surface area contributed by atoms with Crippen LogP contribution in [0.25, 0.3) is 0 Å². The second-order valence-corrected chi connectivity index (χ2v) is 3.40. The highest BCUT2D eigenvalue weighted by Gasteiger charge is 2.08. The average Bonchev–Trinajstić information content (AvgIpc) is 2.10. The fourth-order valence-electron chi connectivity index (χ4n) is 0.566. The van der Waals surface area contributed by atoms with Gasteiger partial charge in [0, 0.05) is 18.2 Å². The van der Waals surface area contributed by atoms with Crippen LogP contribution in [0, 0.1) is 0 Å². The first-order chi connectivity index (χ1) is 4.14. The Morgan fingerprint density at radius 3 is 2.44 bits per heavy atom. The third kappa shape index (κ3) is 1.32. The van der Waals surface area contributed by atoms with E-state index in [-0.39, 0.29) is 0 Å². The summed E-state index contributed by atoms with van der Waals surface area (Å²) in [6, 6.07) is 0. The molecule has 0 saturated heterocycles. The van der Waals surface area contributed by atoms with Crippen LogP contribution in [0.4, 0.5) is 0 Å². The largest absolute Gasteiger partial charge is 0.388 e. The van der Waals surface area contributed by atoms with Gasteiger partial charge in [-0.3, -0.25) is 0 Å². The van der Waals surface area contributed by atoms with E-state index in [1.165, 1.54) is 16.9 Å². The topological polar surface area (TPSA) is 46.2 Å². The van der Waals surface area contributed by atoms with Gasteiger partial charge in [0.2, 0.25) is 0 Å². The maximum atomic E-state index is 10.6. The second kappa shape index (κ2) is 1.88. The average molecular weight is 145 g/mol. The summed E-state index contributed by atoms with van der Waals surface area (Å²) in [6.45, 7) is 0. The zero-order chi connectivity index (χ0) is 6.91. The molecular formula is C5H7NO2S. The van der Waals surface area contributed by atoms with Crippen molar-refractivity contribution < 1.29 is 8.42 Å². The lowest BCUT2D eigenvalue weighted by atomic mass is 10.5. The van der Waals surface area contributed by atoms with Crippen molar-refractivity contribution in [2.24, 2.45) is 0 Å². The highest BCUT2D eigenvalue weighted by atomic mass is 32.2. The Hall–Kier alpha value is -0.770. The van der Waals surface area contributed by atoms with E-state index in [9.17, 15) is 8.42 Å². The monoisotopic (exact) mass is 145 g/mol. The molecule has 3 nitrogen and oxygen atoms in total. The summed E-state index contributed by atoms with van der Waals surface area (Å²) >= 11 is 0. The van der Waals surface area contributed by atoms with E-state index in [1.54, 1.807) is 7.05 Å². The van der Waals surface area contributed by atoms with Crippen molar-refractivity contribution in [3.63, 3.8) is 0 Å². The molecule has 0 bridgehead atoms. The summed E-state index contributed by atoms with van der Waals surface area (Å²) in [5.41, 5.74) is 0.634. The molecule has 0 aliphatic carbocycles. The SMILES string of the molecule is CNC1=CS(=O)(=O)C=C1. The van der Waals surface area contributed by atoms with Crippen LogP contribution in [-0.2, 0) is 9.84 Å². The van der Waals surface area contributed by atoms with Crippen molar-refractivity contribution in [1.82, 2.24) is 5.32 Å². The van der Waals surface area contributed by atoms with Crippen molar-refractivity contribution in [3.05, 3.63) is 22.6 Å². The lowest BCUT2D eigenvalue weighted by Gasteiger charge is -1.90. The third-order valence-corrected chi connectivity index (χ3v) is 2.12. The highest BCUT2D eigenvalue weighted by Crippen LogP contribution is 2.08. The minimum absolute atomic E-state index is 0.634. The number of hydrogen-bond donors (Lipinski definition) is 1. The normalized spacial score (nSPS) is 21.7. The Kier molecular flexibility index (Phi) is 1.32. The van der Waals surface area contributed by atoms with E-state index in [4.69, 9.17) is 0 Å². The molecule has 1 N–H and O–H groups in total. The van der Waals surface area contributed by atoms with Crippen LogP contribution in [0.3, 0.4) is 0 Å². The lowest BCUT2D eigenvalue weighted by molar-refractivity contribution is 0.613. The van der Waals surface area contributed by atoms with Gasteiger partial charge in [0.1, 0.15) is 0 Å². The first kappa shape index (κ1) is 6.35. The minimum Gasteiger partial charge on any atom is -0.388 e. The summed E-state index contributed by atoms with van der Waals surface area (Å²) in [6.07, 6.45) is 1.52. The number of nitrogens with one attached hydrogen (secondary N) is 1. The van der Waals surface area contributed by atoms with E-state index in [2.05, 4.69) is 5.32 Å². The molecule has 0 spiro atoms. The van der Waals surface area contributed by atoms with Gasteiger partial charge in [-0.25, -0.2) is 8.42 Å². The molecule has 9 heavy (non-hydrogen) atoms. The molecule has 0 atom stereocenters. The molecule has 0 amide bonds. The molecule has 0 saturated carbocycles. The van der Waals surface area contributed by atoms with E-state index in [0.717, 1.165) is 0 Å². The Morgan fingerprint density at radius 1 is 1.56 bits per heavy atom. The molecule has 0 unspecified atom stereocenters. The zero-order valence-corrected chi connectivity index (χ0v) is 5.77. The predicted molar refractivity (Wildman–Crippen MR) is 35.2 cm³/mol. The van der Waals surface area contributed by atoms with Crippen molar-refractivity contribution in [1.29, 1.82) is 0 Å². The molecule has 50 valence electrons. The number of likely N-dealkylation sites (N-methyl/N-ethyl adjacent to an activating group) is 1. The van der Waals surface area contributed by atoms with Crippen molar-refractivity contribution >= 4 is 9.84 Å². The summed E-state index contributed by atoms with van der Waals surface area (Å²) in [4.78, 5) is 0. The summed E-state index contributed by atoms with van der Waals surface area (Å²) in [7, 11) is -1.34. The first-order valence-corrected chi connectivity index (χ1v) is 4.07. The van der Waals surface area contributed by atoms with Gasteiger partial charge in [-0.15, -0.1) is 0 Å². The number of hydrogen-bond acceptors (Lipinski definition) is 3. The van der Waals surface area contributed by atoms with Gasteiger partial charge in [-0.2, -0.15) is 0 Å².